The van der Waals surface area contributed by atoms with Crippen LogP contribution in [0.5, 0.6) is 0 Å². The number of allylic oxidation sites excluding steroid dienone is 3. The lowest BCUT2D eigenvalue weighted by atomic mass is 10.1. The second kappa shape index (κ2) is 7.63. The van der Waals surface area contributed by atoms with Crippen LogP contribution in [0.1, 0.15) is 30.9 Å². The zero-order valence-electron chi connectivity index (χ0n) is 14.1. The number of hydrogen-bond donors (Lipinski definition) is 2. The first-order valence-corrected chi connectivity index (χ1v) is 8.34. The van der Waals surface area contributed by atoms with Crippen molar-refractivity contribution in [2.75, 3.05) is 0 Å². The molecule has 0 aromatic heterocycles. The monoisotopic (exact) mass is 332 g/mol. The van der Waals surface area contributed by atoms with Gasteiger partial charge in [0.2, 0.25) is 0 Å². The Morgan fingerprint density at radius 1 is 1.32 bits per heavy atom. The van der Waals surface area contributed by atoms with E-state index in [9.17, 15) is 4.79 Å². The van der Waals surface area contributed by atoms with Crippen molar-refractivity contribution >= 4 is 11.6 Å². The summed E-state index contributed by atoms with van der Waals surface area (Å²) in [4.78, 5) is 17.3. The molecule has 5 heteroatoms. The highest BCUT2D eigenvalue weighted by molar-refractivity contribution is 5.98. The zero-order valence-corrected chi connectivity index (χ0v) is 14.1. The minimum Gasteiger partial charge on any atom is -0.360 e. The number of carbonyl (C=O) groups is 1. The minimum absolute atomic E-state index is 0.216. The van der Waals surface area contributed by atoms with Gasteiger partial charge in [0.05, 0.1) is 17.3 Å². The molecule has 0 radical (unpaired) electrons. The number of amides is 1. The molecular weight excluding hydrogens is 312 g/mol. The molecule has 1 aromatic rings. The SMILES string of the molecule is CC(=N/C(C(=O)NCc1ccc(C#N)cc1)=C1/C=CC=CN1)C1CC1. The normalized spacial score (nSPS) is 18.3. The molecule has 2 N–H and O–H groups in total. The molecular formula is C20H20N4O. The van der Waals surface area contributed by atoms with Gasteiger partial charge in [0.15, 0.2) is 5.70 Å². The van der Waals surface area contributed by atoms with E-state index in [4.69, 9.17) is 5.26 Å². The number of benzene rings is 1. The summed E-state index contributed by atoms with van der Waals surface area (Å²) in [6, 6.07) is 9.25. The van der Waals surface area contributed by atoms with E-state index in [1.165, 1.54) is 0 Å². The summed E-state index contributed by atoms with van der Waals surface area (Å²) in [6.07, 6.45) is 9.67. The van der Waals surface area contributed by atoms with Gasteiger partial charge in [-0.1, -0.05) is 18.2 Å². The number of nitrogens with zero attached hydrogens (tertiary/aromatic N) is 2. The van der Waals surface area contributed by atoms with Gasteiger partial charge >= 0.3 is 0 Å². The van der Waals surface area contributed by atoms with E-state index in [1.54, 1.807) is 18.3 Å². The van der Waals surface area contributed by atoms with Crippen molar-refractivity contribution in [3.8, 4) is 6.07 Å². The van der Waals surface area contributed by atoms with Crippen molar-refractivity contribution in [3.63, 3.8) is 0 Å². The van der Waals surface area contributed by atoms with Crippen LogP contribution in [0.4, 0.5) is 0 Å². The van der Waals surface area contributed by atoms with Gasteiger partial charge in [0.25, 0.3) is 5.91 Å². The lowest BCUT2D eigenvalue weighted by Crippen LogP contribution is -2.27. The van der Waals surface area contributed by atoms with Gasteiger partial charge in [-0.3, -0.25) is 4.79 Å². The molecule has 3 rings (SSSR count). The summed E-state index contributed by atoms with van der Waals surface area (Å²) in [5.74, 6) is 0.289. The second-order valence-electron chi connectivity index (χ2n) is 6.14. The van der Waals surface area contributed by atoms with Crippen LogP contribution in [0.25, 0.3) is 0 Å². The molecule has 1 saturated carbocycles. The summed E-state index contributed by atoms with van der Waals surface area (Å²) in [5, 5.41) is 14.8. The van der Waals surface area contributed by atoms with Crippen LogP contribution in [0.15, 0.2) is 65.1 Å². The van der Waals surface area contributed by atoms with Crippen molar-refractivity contribution in [2.45, 2.75) is 26.3 Å². The van der Waals surface area contributed by atoms with Crippen molar-refractivity contribution in [1.82, 2.24) is 10.6 Å². The Labute approximate surface area is 147 Å². The second-order valence-corrected chi connectivity index (χ2v) is 6.14. The van der Waals surface area contributed by atoms with Gasteiger partial charge in [0, 0.05) is 18.5 Å². The van der Waals surface area contributed by atoms with Crippen molar-refractivity contribution in [2.24, 2.45) is 10.9 Å². The van der Waals surface area contributed by atoms with Gasteiger partial charge in [-0.05, 0) is 55.5 Å². The average molecular weight is 332 g/mol. The molecule has 0 bridgehead atoms. The standard InChI is InChI=1S/C20H20N4O/c1-14(17-9-10-17)24-19(18-4-2-3-11-22-18)20(25)23-13-16-7-5-15(12-21)6-8-16/h2-8,11,17,22H,9-10,13H2,1H3,(H,23,25)/b19-18-,24-14?. The van der Waals surface area contributed by atoms with Crippen LogP contribution in [-0.4, -0.2) is 11.6 Å². The first kappa shape index (κ1) is 16.7. The molecule has 1 aliphatic heterocycles. The molecule has 0 saturated heterocycles. The lowest BCUT2D eigenvalue weighted by molar-refractivity contribution is -0.117. The highest BCUT2D eigenvalue weighted by Gasteiger charge is 2.26. The maximum Gasteiger partial charge on any atom is 0.272 e. The van der Waals surface area contributed by atoms with E-state index in [-0.39, 0.29) is 5.91 Å². The fraction of sp³-hybridized carbons (Fsp3) is 0.250. The number of aliphatic imine (C=N–C) groups is 1. The Hall–Kier alpha value is -3.13. The Morgan fingerprint density at radius 3 is 2.68 bits per heavy atom. The predicted octanol–water partition coefficient (Wildman–Crippen LogP) is 2.93. The van der Waals surface area contributed by atoms with E-state index in [0.717, 1.165) is 24.1 Å². The number of nitriles is 1. The van der Waals surface area contributed by atoms with Crippen LogP contribution < -0.4 is 10.6 Å². The van der Waals surface area contributed by atoms with Crippen LogP contribution >= 0.6 is 0 Å². The Kier molecular flexibility index (Phi) is 5.10. The number of nitrogens with one attached hydrogen (secondary N) is 2. The molecule has 0 atom stereocenters. The summed E-state index contributed by atoms with van der Waals surface area (Å²) in [7, 11) is 0. The average Bonchev–Trinajstić information content (AvgIpc) is 3.50. The fourth-order valence-electron chi connectivity index (χ4n) is 2.51. The zero-order chi connectivity index (χ0) is 17.6. The van der Waals surface area contributed by atoms with Crippen LogP contribution in [0.3, 0.4) is 0 Å². The molecule has 1 heterocycles. The van der Waals surface area contributed by atoms with E-state index >= 15 is 0 Å². The molecule has 0 unspecified atom stereocenters. The largest absolute Gasteiger partial charge is 0.360 e. The first-order chi connectivity index (χ1) is 12.2. The summed E-state index contributed by atoms with van der Waals surface area (Å²) >= 11 is 0. The van der Waals surface area contributed by atoms with Crippen molar-refractivity contribution in [3.05, 3.63) is 71.2 Å². The fourth-order valence-corrected chi connectivity index (χ4v) is 2.51. The van der Waals surface area contributed by atoms with E-state index in [2.05, 4.69) is 21.7 Å². The minimum atomic E-state index is -0.216. The van der Waals surface area contributed by atoms with Gasteiger partial charge < -0.3 is 10.6 Å². The highest BCUT2D eigenvalue weighted by atomic mass is 16.2. The molecule has 0 spiro atoms. The van der Waals surface area contributed by atoms with Gasteiger partial charge in [-0.25, -0.2) is 4.99 Å². The Bertz CT molecular complexity index is 818. The van der Waals surface area contributed by atoms with Crippen LogP contribution in [0, 0.1) is 17.2 Å². The van der Waals surface area contributed by atoms with Crippen molar-refractivity contribution in [1.29, 1.82) is 5.26 Å². The Balaban J connectivity index is 1.74. The lowest BCUT2D eigenvalue weighted by Gasteiger charge is -2.12. The summed E-state index contributed by atoms with van der Waals surface area (Å²) < 4.78 is 0. The van der Waals surface area contributed by atoms with E-state index in [0.29, 0.717) is 29.4 Å². The molecule has 1 amide bonds. The first-order valence-electron chi connectivity index (χ1n) is 8.34. The number of carbonyl (C=O) groups excluding carboxylic acids is 1. The molecule has 1 aliphatic carbocycles. The maximum absolute atomic E-state index is 12.7. The van der Waals surface area contributed by atoms with Crippen LogP contribution in [0.2, 0.25) is 0 Å². The third-order valence-electron chi connectivity index (χ3n) is 4.17. The van der Waals surface area contributed by atoms with Gasteiger partial charge in [0.1, 0.15) is 0 Å². The van der Waals surface area contributed by atoms with E-state index in [1.807, 2.05) is 37.3 Å². The quantitative estimate of drug-likeness (QED) is 0.643. The van der Waals surface area contributed by atoms with Crippen molar-refractivity contribution < 1.29 is 4.79 Å². The molecule has 126 valence electrons. The molecule has 25 heavy (non-hydrogen) atoms. The number of dihydropyridines is 1. The third-order valence-corrected chi connectivity index (χ3v) is 4.17. The molecule has 5 nitrogen and oxygen atoms in total. The number of hydrogen-bond acceptors (Lipinski definition) is 4. The van der Waals surface area contributed by atoms with E-state index < -0.39 is 0 Å². The van der Waals surface area contributed by atoms with Crippen LogP contribution in [-0.2, 0) is 11.3 Å². The Morgan fingerprint density at radius 2 is 2.08 bits per heavy atom. The highest BCUT2D eigenvalue weighted by Crippen LogP contribution is 2.31. The topological polar surface area (TPSA) is 77.3 Å². The molecule has 1 fully saturated rings. The van der Waals surface area contributed by atoms with Gasteiger partial charge in [-0.2, -0.15) is 5.26 Å². The van der Waals surface area contributed by atoms with Gasteiger partial charge in [-0.15, -0.1) is 0 Å². The number of rotatable bonds is 5. The summed E-state index contributed by atoms with van der Waals surface area (Å²) in [6.45, 7) is 2.37. The predicted molar refractivity (Wildman–Crippen MR) is 97.3 cm³/mol. The third kappa shape index (κ3) is 4.45. The molecule has 1 aromatic carbocycles. The maximum atomic E-state index is 12.7. The smallest absolute Gasteiger partial charge is 0.272 e. The summed E-state index contributed by atoms with van der Waals surface area (Å²) in [5.41, 5.74) is 3.64. The molecule has 2 aliphatic rings.